The number of benzene rings is 1. The first-order chi connectivity index (χ1) is 7.79. The second kappa shape index (κ2) is 5.32. The Balaban J connectivity index is 2.16. The van der Waals surface area contributed by atoms with Crippen molar-refractivity contribution in [3.63, 3.8) is 0 Å². The van der Waals surface area contributed by atoms with E-state index in [0.717, 1.165) is 22.2 Å². The van der Waals surface area contributed by atoms with Crippen LogP contribution in [0.15, 0.2) is 51.6 Å². The molecule has 1 heterocycles. The second-order valence-corrected chi connectivity index (χ2v) is 4.63. The summed E-state index contributed by atoms with van der Waals surface area (Å²) in [5.41, 5.74) is 1.12. The van der Waals surface area contributed by atoms with Gasteiger partial charge in [-0.25, -0.2) is 0 Å². The molecule has 0 fully saturated rings. The molecule has 0 aliphatic heterocycles. The minimum Gasteiger partial charge on any atom is -0.469 e. The molecule has 1 atom stereocenters. The highest BCUT2D eigenvalue weighted by Gasteiger charge is 2.13. The Kier molecular flexibility index (Phi) is 3.80. The van der Waals surface area contributed by atoms with Crippen molar-refractivity contribution < 1.29 is 9.52 Å². The number of hydrogen-bond donors (Lipinski definition) is 1. The van der Waals surface area contributed by atoms with Gasteiger partial charge in [-0.3, -0.25) is 0 Å². The third-order valence-corrected chi connectivity index (χ3v) is 3.06. The monoisotopic (exact) mass is 280 g/mol. The van der Waals surface area contributed by atoms with Gasteiger partial charge >= 0.3 is 0 Å². The first-order valence-electron chi connectivity index (χ1n) is 5.18. The van der Waals surface area contributed by atoms with Crippen LogP contribution in [0.2, 0.25) is 0 Å². The molecule has 2 rings (SSSR count). The summed E-state index contributed by atoms with van der Waals surface area (Å²) in [4.78, 5) is 0. The molecule has 0 amide bonds. The molecule has 84 valence electrons. The molecule has 0 aliphatic rings. The summed E-state index contributed by atoms with van der Waals surface area (Å²) in [6.45, 7) is 0.122. The molecule has 2 nitrogen and oxygen atoms in total. The van der Waals surface area contributed by atoms with Crippen LogP contribution in [0.1, 0.15) is 17.2 Å². The summed E-state index contributed by atoms with van der Waals surface area (Å²) in [6.07, 6.45) is 2.38. The van der Waals surface area contributed by atoms with E-state index < -0.39 is 0 Å². The number of aliphatic hydroxyl groups is 1. The maximum Gasteiger partial charge on any atom is 0.104 e. The standard InChI is InChI=1S/C13H13BrO2/c14-12-4-1-3-10(7-12)11(9-15)8-13-5-2-6-16-13/h1-7,11,15H,8-9H2. The average molecular weight is 281 g/mol. The Morgan fingerprint density at radius 2 is 2.12 bits per heavy atom. The van der Waals surface area contributed by atoms with Crippen molar-refractivity contribution in [2.24, 2.45) is 0 Å². The van der Waals surface area contributed by atoms with Crippen LogP contribution >= 0.6 is 15.9 Å². The van der Waals surface area contributed by atoms with Crippen LogP contribution < -0.4 is 0 Å². The van der Waals surface area contributed by atoms with Crippen molar-refractivity contribution in [2.45, 2.75) is 12.3 Å². The van der Waals surface area contributed by atoms with Gasteiger partial charge in [-0.15, -0.1) is 0 Å². The molecule has 16 heavy (non-hydrogen) atoms. The van der Waals surface area contributed by atoms with Crippen LogP contribution in [0, 0.1) is 0 Å². The summed E-state index contributed by atoms with van der Waals surface area (Å²) < 4.78 is 6.33. The maximum atomic E-state index is 9.41. The lowest BCUT2D eigenvalue weighted by Crippen LogP contribution is -2.07. The highest BCUT2D eigenvalue weighted by Crippen LogP contribution is 2.23. The first kappa shape index (κ1) is 11.4. The molecular weight excluding hydrogens is 268 g/mol. The van der Waals surface area contributed by atoms with E-state index in [0.29, 0.717) is 0 Å². The van der Waals surface area contributed by atoms with E-state index in [1.165, 1.54) is 0 Å². The van der Waals surface area contributed by atoms with E-state index in [1.54, 1.807) is 6.26 Å². The molecule has 2 aromatic rings. The molecule has 0 spiro atoms. The fraction of sp³-hybridized carbons (Fsp3) is 0.231. The number of halogens is 1. The van der Waals surface area contributed by atoms with Crippen molar-refractivity contribution in [2.75, 3.05) is 6.61 Å². The predicted molar refractivity (Wildman–Crippen MR) is 66.4 cm³/mol. The van der Waals surface area contributed by atoms with Crippen LogP contribution in [0.25, 0.3) is 0 Å². The maximum absolute atomic E-state index is 9.41. The predicted octanol–water partition coefficient (Wildman–Crippen LogP) is 3.36. The van der Waals surface area contributed by atoms with Gasteiger partial charge in [0, 0.05) is 16.8 Å². The van der Waals surface area contributed by atoms with Gasteiger partial charge in [0.1, 0.15) is 5.76 Å². The first-order valence-corrected chi connectivity index (χ1v) is 5.97. The molecule has 1 N–H and O–H groups in total. The van der Waals surface area contributed by atoms with Crippen molar-refractivity contribution >= 4 is 15.9 Å². The number of furan rings is 1. The Labute approximate surface area is 103 Å². The summed E-state index contributed by atoms with van der Waals surface area (Å²) in [5, 5.41) is 9.41. The lowest BCUT2D eigenvalue weighted by atomic mass is 9.95. The molecule has 0 saturated carbocycles. The zero-order valence-electron chi connectivity index (χ0n) is 8.77. The third-order valence-electron chi connectivity index (χ3n) is 2.57. The van der Waals surface area contributed by atoms with Crippen molar-refractivity contribution in [1.82, 2.24) is 0 Å². The van der Waals surface area contributed by atoms with E-state index in [9.17, 15) is 5.11 Å². The summed E-state index contributed by atoms with van der Waals surface area (Å²) in [6, 6.07) is 11.8. The Morgan fingerprint density at radius 1 is 1.25 bits per heavy atom. The lowest BCUT2D eigenvalue weighted by Gasteiger charge is -2.13. The highest BCUT2D eigenvalue weighted by atomic mass is 79.9. The smallest absolute Gasteiger partial charge is 0.104 e. The van der Waals surface area contributed by atoms with Gasteiger partial charge in [0.15, 0.2) is 0 Å². The highest BCUT2D eigenvalue weighted by molar-refractivity contribution is 9.10. The second-order valence-electron chi connectivity index (χ2n) is 3.72. The average Bonchev–Trinajstić information content (AvgIpc) is 2.78. The largest absolute Gasteiger partial charge is 0.469 e. The van der Waals surface area contributed by atoms with E-state index in [2.05, 4.69) is 15.9 Å². The van der Waals surface area contributed by atoms with Crippen LogP contribution in [0.3, 0.4) is 0 Å². The minimum absolute atomic E-state index is 0.0867. The molecule has 0 saturated heterocycles. The number of aliphatic hydroxyl groups excluding tert-OH is 1. The number of rotatable bonds is 4. The van der Waals surface area contributed by atoms with Gasteiger partial charge in [0.2, 0.25) is 0 Å². The van der Waals surface area contributed by atoms with Crippen LogP contribution in [0.4, 0.5) is 0 Å². The summed E-state index contributed by atoms with van der Waals surface area (Å²) in [5.74, 6) is 0.989. The van der Waals surface area contributed by atoms with Crippen LogP contribution in [0.5, 0.6) is 0 Å². The van der Waals surface area contributed by atoms with Gasteiger partial charge in [-0.1, -0.05) is 28.1 Å². The third kappa shape index (κ3) is 2.74. The van der Waals surface area contributed by atoms with Crippen LogP contribution in [-0.4, -0.2) is 11.7 Å². The van der Waals surface area contributed by atoms with Gasteiger partial charge in [0.05, 0.1) is 12.9 Å². The Bertz CT molecular complexity index is 437. The molecule has 0 bridgehead atoms. The van der Waals surface area contributed by atoms with Crippen molar-refractivity contribution in [3.8, 4) is 0 Å². The number of hydrogen-bond acceptors (Lipinski definition) is 2. The molecule has 1 aromatic carbocycles. The fourth-order valence-corrected chi connectivity index (χ4v) is 2.14. The molecule has 1 aromatic heterocycles. The summed E-state index contributed by atoms with van der Waals surface area (Å²) >= 11 is 3.43. The van der Waals surface area contributed by atoms with Crippen LogP contribution in [-0.2, 0) is 6.42 Å². The minimum atomic E-state index is 0.0867. The van der Waals surface area contributed by atoms with Crippen molar-refractivity contribution in [1.29, 1.82) is 0 Å². The van der Waals surface area contributed by atoms with E-state index in [-0.39, 0.29) is 12.5 Å². The Hall–Kier alpha value is -1.06. The zero-order chi connectivity index (χ0) is 11.4. The quantitative estimate of drug-likeness (QED) is 0.932. The molecule has 1 unspecified atom stereocenters. The topological polar surface area (TPSA) is 33.4 Å². The van der Waals surface area contributed by atoms with Crippen molar-refractivity contribution in [3.05, 3.63) is 58.5 Å². The normalized spacial score (nSPS) is 12.6. The van der Waals surface area contributed by atoms with E-state index in [4.69, 9.17) is 4.42 Å². The fourth-order valence-electron chi connectivity index (χ4n) is 1.72. The SMILES string of the molecule is OCC(Cc1ccco1)c1cccc(Br)c1. The Morgan fingerprint density at radius 3 is 2.75 bits per heavy atom. The van der Waals surface area contributed by atoms with Gasteiger partial charge in [0.25, 0.3) is 0 Å². The molecule has 0 aliphatic carbocycles. The zero-order valence-corrected chi connectivity index (χ0v) is 10.4. The molecule has 3 heteroatoms. The van der Waals surface area contributed by atoms with E-state index >= 15 is 0 Å². The lowest BCUT2D eigenvalue weighted by molar-refractivity contribution is 0.259. The van der Waals surface area contributed by atoms with Gasteiger partial charge in [-0.05, 0) is 29.8 Å². The van der Waals surface area contributed by atoms with Gasteiger partial charge in [-0.2, -0.15) is 0 Å². The summed E-state index contributed by atoms with van der Waals surface area (Å²) in [7, 11) is 0. The molecule has 0 radical (unpaired) electrons. The molecular formula is C13H13BrO2. The van der Waals surface area contributed by atoms with Gasteiger partial charge < -0.3 is 9.52 Å². The van der Waals surface area contributed by atoms with E-state index in [1.807, 2.05) is 36.4 Å².